The number of rotatable bonds is 3. The second-order valence-electron chi connectivity index (χ2n) is 6.75. The predicted molar refractivity (Wildman–Crippen MR) is 116 cm³/mol. The lowest BCUT2D eigenvalue weighted by Gasteiger charge is -2.05. The maximum absolute atomic E-state index is 6.20. The summed E-state index contributed by atoms with van der Waals surface area (Å²) in [6.45, 7) is 0. The summed E-state index contributed by atoms with van der Waals surface area (Å²) in [6.07, 6.45) is 7.44. The van der Waals surface area contributed by atoms with Gasteiger partial charge in [-0.05, 0) is 23.6 Å². The van der Waals surface area contributed by atoms with E-state index < -0.39 is 0 Å². The Bertz CT molecular complexity index is 1460. The lowest BCUT2D eigenvalue weighted by molar-refractivity contribution is 0.880. The van der Waals surface area contributed by atoms with Crippen LogP contribution < -0.4 is 5.73 Å². The number of nitrogen functional groups attached to an aromatic ring is 1. The molecule has 0 radical (unpaired) electrons. The van der Waals surface area contributed by atoms with Gasteiger partial charge in [0.1, 0.15) is 17.5 Å². The van der Waals surface area contributed by atoms with Gasteiger partial charge in [0.2, 0.25) is 0 Å². The van der Waals surface area contributed by atoms with Gasteiger partial charge in [-0.2, -0.15) is 5.10 Å². The molecule has 29 heavy (non-hydrogen) atoms. The zero-order valence-electron chi connectivity index (χ0n) is 15.1. The molecule has 7 heteroatoms. The Balaban J connectivity index is 1.57. The molecule has 4 aromatic heterocycles. The summed E-state index contributed by atoms with van der Waals surface area (Å²) in [6, 6.07) is 14.4. The van der Waals surface area contributed by atoms with E-state index in [1.54, 1.807) is 15.9 Å². The Morgan fingerprint density at radius 3 is 2.72 bits per heavy atom. The molecular formula is C22H14N6S. The number of aromatic nitrogens is 5. The zero-order valence-corrected chi connectivity index (χ0v) is 16.0. The topological polar surface area (TPSA) is 82.0 Å². The number of nitrogens with two attached hydrogens (primary N) is 1. The van der Waals surface area contributed by atoms with Crippen LogP contribution in [0.4, 0.5) is 5.82 Å². The Morgan fingerprint density at radius 2 is 1.93 bits per heavy atom. The monoisotopic (exact) mass is 394 g/mol. The van der Waals surface area contributed by atoms with E-state index in [-0.39, 0.29) is 0 Å². The smallest absolute Gasteiger partial charge is 0.162 e. The van der Waals surface area contributed by atoms with Crippen LogP contribution in [-0.4, -0.2) is 24.6 Å². The van der Waals surface area contributed by atoms with Crippen molar-refractivity contribution in [2.45, 2.75) is 0 Å². The highest BCUT2D eigenvalue weighted by Crippen LogP contribution is 2.33. The quantitative estimate of drug-likeness (QED) is 0.483. The number of hydrogen-bond donors (Lipinski definition) is 1. The Morgan fingerprint density at radius 1 is 1.03 bits per heavy atom. The number of pyridine rings is 1. The lowest BCUT2D eigenvalue weighted by atomic mass is 10.1. The molecule has 4 heterocycles. The Labute approximate surface area is 169 Å². The molecule has 6 rings (SSSR count). The number of nitrogens with zero attached hydrogens (tertiary/aromatic N) is 5. The molecule has 0 unspecified atom stereocenters. The second-order valence-corrected chi connectivity index (χ2v) is 7.70. The van der Waals surface area contributed by atoms with Gasteiger partial charge in [-0.15, -0.1) is 11.3 Å². The number of allylic oxidation sites excluding steroid dienone is 4. The maximum Gasteiger partial charge on any atom is 0.162 e. The molecule has 0 fully saturated rings. The van der Waals surface area contributed by atoms with E-state index in [1.165, 1.54) is 6.33 Å². The summed E-state index contributed by atoms with van der Waals surface area (Å²) in [5, 5.41) is 7.51. The third-order valence-electron chi connectivity index (χ3n) is 5.01. The van der Waals surface area contributed by atoms with Crippen LogP contribution in [0.25, 0.3) is 43.8 Å². The van der Waals surface area contributed by atoms with Gasteiger partial charge in [0.25, 0.3) is 0 Å². The molecule has 1 aliphatic rings. The minimum absolute atomic E-state index is 0.401. The first kappa shape index (κ1) is 16.1. The fourth-order valence-corrected chi connectivity index (χ4v) is 4.21. The highest BCUT2D eigenvalue weighted by Gasteiger charge is 2.20. The summed E-state index contributed by atoms with van der Waals surface area (Å²) < 4.78 is 1.76. The van der Waals surface area contributed by atoms with Crippen molar-refractivity contribution in [1.82, 2.24) is 24.6 Å². The van der Waals surface area contributed by atoms with E-state index >= 15 is 0 Å². The van der Waals surface area contributed by atoms with Crippen molar-refractivity contribution in [3.05, 3.63) is 78.2 Å². The highest BCUT2D eigenvalue weighted by molar-refractivity contribution is 7.13. The van der Waals surface area contributed by atoms with Crippen molar-refractivity contribution in [1.29, 1.82) is 0 Å². The van der Waals surface area contributed by atoms with Crippen LogP contribution in [0.15, 0.2) is 72.4 Å². The van der Waals surface area contributed by atoms with Crippen molar-refractivity contribution in [2.24, 2.45) is 0 Å². The van der Waals surface area contributed by atoms with Gasteiger partial charge in [0.15, 0.2) is 11.6 Å². The van der Waals surface area contributed by atoms with Crippen LogP contribution in [0.1, 0.15) is 5.82 Å². The largest absolute Gasteiger partial charge is 0.382 e. The molecular weight excluding hydrogens is 380 g/mol. The molecule has 6 nitrogen and oxygen atoms in total. The number of benzene rings is 1. The summed E-state index contributed by atoms with van der Waals surface area (Å²) in [7, 11) is 0. The van der Waals surface area contributed by atoms with Crippen LogP contribution in [0.5, 0.6) is 0 Å². The number of anilines is 1. The summed E-state index contributed by atoms with van der Waals surface area (Å²) in [4.78, 5) is 15.0. The molecule has 5 aromatic rings. The molecule has 0 bridgehead atoms. The van der Waals surface area contributed by atoms with Crippen LogP contribution in [0.3, 0.4) is 0 Å². The number of hydrogen-bond acceptors (Lipinski definition) is 6. The van der Waals surface area contributed by atoms with Crippen molar-refractivity contribution >= 4 is 39.1 Å². The first-order chi connectivity index (χ1) is 14.3. The number of thiophene rings is 1. The number of fused-ring (bicyclic) bond motifs is 2. The van der Waals surface area contributed by atoms with Crippen LogP contribution in [-0.2, 0) is 0 Å². The molecule has 0 spiro atoms. The standard InChI is InChI=1S/C22H14N6S/c23-21-20-19(27-22(14-3-1-4-14)28(20)25-12-24-21)15-7-6-13-8-9-16(26-17(13)11-15)18-5-2-10-29-18/h1-12H,(H2,23,24,25). The predicted octanol–water partition coefficient (Wildman–Crippen LogP) is 4.60. The average Bonchev–Trinajstić information content (AvgIpc) is 3.36. The molecule has 138 valence electrons. The van der Waals surface area contributed by atoms with Crippen molar-refractivity contribution in [3.63, 3.8) is 0 Å². The van der Waals surface area contributed by atoms with Crippen molar-refractivity contribution < 1.29 is 0 Å². The van der Waals surface area contributed by atoms with Crippen LogP contribution in [0.2, 0.25) is 0 Å². The van der Waals surface area contributed by atoms with Gasteiger partial charge in [0, 0.05) is 16.5 Å². The van der Waals surface area contributed by atoms with Gasteiger partial charge < -0.3 is 5.73 Å². The van der Waals surface area contributed by atoms with E-state index in [1.807, 2.05) is 30.4 Å². The zero-order chi connectivity index (χ0) is 19.4. The molecule has 0 aliphatic heterocycles. The lowest BCUT2D eigenvalue weighted by Crippen LogP contribution is -2.02. The first-order valence-corrected chi connectivity index (χ1v) is 9.99. The molecule has 1 aliphatic carbocycles. The minimum atomic E-state index is 0.401. The third kappa shape index (κ3) is 2.48. The fourth-order valence-electron chi connectivity index (χ4n) is 3.51. The van der Waals surface area contributed by atoms with E-state index in [2.05, 4.69) is 45.8 Å². The molecule has 1 aromatic carbocycles. The maximum atomic E-state index is 6.20. The summed E-state index contributed by atoms with van der Waals surface area (Å²) in [5.41, 5.74) is 11.5. The van der Waals surface area contributed by atoms with Crippen molar-refractivity contribution in [3.8, 4) is 21.8 Å². The van der Waals surface area contributed by atoms with Gasteiger partial charge in [-0.25, -0.2) is 19.5 Å². The molecule has 0 amide bonds. The van der Waals surface area contributed by atoms with E-state index in [4.69, 9.17) is 15.7 Å². The Kier molecular flexibility index (Phi) is 3.39. The van der Waals surface area contributed by atoms with E-state index in [0.717, 1.165) is 44.1 Å². The van der Waals surface area contributed by atoms with Crippen molar-refractivity contribution in [2.75, 3.05) is 5.73 Å². The normalized spacial score (nSPS) is 13.0. The summed E-state index contributed by atoms with van der Waals surface area (Å²) >= 11 is 1.68. The third-order valence-corrected chi connectivity index (χ3v) is 5.90. The van der Waals surface area contributed by atoms with Crippen LogP contribution >= 0.6 is 11.3 Å². The molecule has 0 saturated heterocycles. The van der Waals surface area contributed by atoms with Gasteiger partial charge in [-0.3, -0.25) is 0 Å². The van der Waals surface area contributed by atoms with E-state index in [0.29, 0.717) is 11.3 Å². The van der Waals surface area contributed by atoms with Gasteiger partial charge in [0.05, 0.1) is 16.1 Å². The second kappa shape index (κ2) is 6.08. The fraction of sp³-hybridized carbons (Fsp3) is 0. The number of imidazole rings is 1. The molecule has 2 N–H and O–H groups in total. The van der Waals surface area contributed by atoms with E-state index in [9.17, 15) is 0 Å². The molecule has 0 atom stereocenters. The summed E-state index contributed by atoms with van der Waals surface area (Å²) in [5.74, 6) is 1.16. The SMILES string of the molecule is Nc1ncnn2c(C3=CC=C3)nc(-c3ccc4ccc(-c5cccs5)nc4c3)c12. The Hall–Kier alpha value is -3.84. The van der Waals surface area contributed by atoms with Crippen LogP contribution in [0, 0.1) is 0 Å². The average molecular weight is 394 g/mol. The first-order valence-electron chi connectivity index (χ1n) is 9.11. The van der Waals surface area contributed by atoms with Gasteiger partial charge in [-0.1, -0.05) is 42.5 Å². The van der Waals surface area contributed by atoms with Gasteiger partial charge >= 0.3 is 0 Å². The molecule has 0 saturated carbocycles. The highest BCUT2D eigenvalue weighted by atomic mass is 32.1. The minimum Gasteiger partial charge on any atom is -0.382 e.